The Morgan fingerprint density at radius 1 is 1.00 bits per heavy atom. The fourth-order valence-corrected chi connectivity index (χ4v) is 2.25. The Morgan fingerprint density at radius 2 is 1.58 bits per heavy atom. The summed E-state index contributed by atoms with van der Waals surface area (Å²) in [4.78, 5) is 24.7. The normalized spacial score (nSPS) is 11.7. The van der Waals surface area contributed by atoms with Gasteiger partial charge in [-0.15, -0.1) is 0 Å². The van der Waals surface area contributed by atoms with Gasteiger partial charge in [0.1, 0.15) is 11.6 Å². The number of benzene rings is 2. The molecule has 0 spiro atoms. The molecule has 0 aliphatic rings. The third-order valence-corrected chi connectivity index (χ3v) is 3.39. The average molecular weight is 349 g/mol. The molecule has 1 atom stereocenters. The summed E-state index contributed by atoms with van der Waals surface area (Å²) < 4.78 is 5.27. The van der Waals surface area contributed by atoms with Crippen molar-refractivity contribution in [1.82, 2.24) is 5.32 Å². The van der Waals surface area contributed by atoms with Crippen molar-refractivity contribution < 1.29 is 14.3 Å². The molecule has 0 bridgehead atoms. The molecular formula is C22H23NO3. The number of alkyl carbamates (subject to hydrolysis) is 1. The zero-order valence-electron chi connectivity index (χ0n) is 15.3. The Kier molecular flexibility index (Phi) is 6.57. The Balaban J connectivity index is 2.15. The molecule has 4 heteroatoms. The summed E-state index contributed by atoms with van der Waals surface area (Å²) in [5, 5.41) is 2.64. The standard InChI is InChI=1S/C22H23NO3/c1-22(2,3)26-21(25)23-19(16-18-12-8-5-9-13-18)20(24)15-14-17-10-6-4-7-11-17/h4-13,19H,16H2,1-3H3,(H,23,25)/t19-/m0/s1. The molecule has 2 aromatic carbocycles. The largest absolute Gasteiger partial charge is 0.444 e. The summed E-state index contributed by atoms with van der Waals surface area (Å²) in [7, 11) is 0. The third kappa shape index (κ3) is 6.82. The lowest BCUT2D eigenvalue weighted by atomic mass is 10.0. The van der Waals surface area contributed by atoms with Gasteiger partial charge in [-0.2, -0.15) is 0 Å². The minimum Gasteiger partial charge on any atom is -0.444 e. The van der Waals surface area contributed by atoms with Gasteiger partial charge < -0.3 is 10.1 Å². The number of hydrogen-bond donors (Lipinski definition) is 1. The van der Waals surface area contributed by atoms with Crippen LogP contribution in [0.4, 0.5) is 4.79 Å². The topological polar surface area (TPSA) is 55.4 Å². The van der Waals surface area contributed by atoms with Gasteiger partial charge in [-0.05, 0) is 44.4 Å². The van der Waals surface area contributed by atoms with Crippen LogP contribution in [0.1, 0.15) is 31.9 Å². The second kappa shape index (κ2) is 8.87. The molecule has 0 saturated carbocycles. The van der Waals surface area contributed by atoms with E-state index in [4.69, 9.17) is 4.74 Å². The average Bonchev–Trinajstić information content (AvgIpc) is 2.59. The highest BCUT2D eigenvalue weighted by Crippen LogP contribution is 2.09. The molecule has 4 nitrogen and oxygen atoms in total. The van der Waals surface area contributed by atoms with E-state index in [0.29, 0.717) is 6.42 Å². The molecule has 0 radical (unpaired) electrons. The second-order valence-corrected chi connectivity index (χ2v) is 6.87. The summed E-state index contributed by atoms with van der Waals surface area (Å²) in [6, 6.07) is 18.0. The van der Waals surface area contributed by atoms with E-state index in [0.717, 1.165) is 11.1 Å². The number of amides is 1. The fraction of sp³-hybridized carbons (Fsp3) is 0.273. The second-order valence-electron chi connectivity index (χ2n) is 6.87. The van der Waals surface area contributed by atoms with Crippen molar-refractivity contribution >= 4 is 11.9 Å². The van der Waals surface area contributed by atoms with Gasteiger partial charge in [0.2, 0.25) is 5.78 Å². The highest BCUT2D eigenvalue weighted by molar-refractivity contribution is 6.01. The number of carbonyl (C=O) groups excluding carboxylic acids is 2. The molecule has 0 saturated heterocycles. The molecule has 0 aromatic heterocycles. The zero-order valence-corrected chi connectivity index (χ0v) is 15.3. The number of ketones is 1. The first kappa shape index (κ1) is 19.3. The van der Waals surface area contributed by atoms with Gasteiger partial charge in [-0.1, -0.05) is 54.5 Å². The number of carbonyl (C=O) groups is 2. The maximum atomic E-state index is 12.6. The van der Waals surface area contributed by atoms with Crippen LogP contribution in [0.25, 0.3) is 0 Å². The third-order valence-electron chi connectivity index (χ3n) is 3.39. The molecule has 0 aliphatic carbocycles. The van der Waals surface area contributed by atoms with Crippen LogP contribution in [0.2, 0.25) is 0 Å². The van der Waals surface area contributed by atoms with E-state index >= 15 is 0 Å². The van der Waals surface area contributed by atoms with Crippen LogP contribution in [0.5, 0.6) is 0 Å². The number of nitrogens with one attached hydrogen (secondary N) is 1. The zero-order chi connectivity index (χ0) is 19.0. The van der Waals surface area contributed by atoms with Crippen LogP contribution in [-0.2, 0) is 16.0 Å². The summed E-state index contributed by atoms with van der Waals surface area (Å²) in [6.45, 7) is 5.32. The van der Waals surface area contributed by atoms with E-state index < -0.39 is 17.7 Å². The Hall–Kier alpha value is -3.06. The molecule has 1 amide bonds. The molecule has 2 rings (SSSR count). The summed E-state index contributed by atoms with van der Waals surface area (Å²) >= 11 is 0. The molecule has 26 heavy (non-hydrogen) atoms. The lowest BCUT2D eigenvalue weighted by Crippen LogP contribution is -2.44. The van der Waals surface area contributed by atoms with E-state index in [9.17, 15) is 9.59 Å². The van der Waals surface area contributed by atoms with E-state index in [1.54, 1.807) is 20.8 Å². The first-order valence-electron chi connectivity index (χ1n) is 8.48. The smallest absolute Gasteiger partial charge is 0.408 e. The van der Waals surface area contributed by atoms with Crippen molar-refractivity contribution in [2.75, 3.05) is 0 Å². The first-order valence-corrected chi connectivity index (χ1v) is 8.48. The molecule has 2 aromatic rings. The predicted molar refractivity (Wildman–Crippen MR) is 102 cm³/mol. The van der Waals surface area contributed by atoms with Gasteiger partial charge in [0.15, 0.2) is 0 Å². The van der Waals surface area contributed by atoms with Crippen molar-refractivity contribution in [3.63, 3.8) is 0 Å². The Morgan fingerprint density at radius 3 is 2.15 bits per heavy atom. The van der Waals surface area contributed by atoms with E-state index in [-0.39, 0.29) is 5.78 Å². The van der Waals surface area contributed by atoms with Gasteiger partial charge in [0.25, 0.3) is 0 Å². The SMILES string of the molecule is CC(C)(C)OC(=O)N[C@@H](Cc1ccccc1)C(=O)C#Cc1ccccc1. The molecule has 1 N–H and O–H groups in total. The Bertz CT molecular complexity index is 796. The molecule has 134 valence electrons. The highest BCUT2D eigenvalue weighted by Gasteiger charge is 2.23. The Labute approximate surface area is 154 Å². The van der Waals surface area contributed by atoms with Gasteiger partial charge in [-0.3, -0.25) is 4.79 Å². The van der Waals surface area contributed by atoms with Gasteiger partial charge in [-0.25, -0.2) is 4.79 Å². The number of ether oxygens (including phenoxy) is 1. The maximum absolute atomic E-state index is 12.6. The van der Waals surface area contributed by atoms with Crippen LogP contribution in [-0.4, -0.2) is 23.5 Å². The van der Waals surface area contributed by atoms with Crippen molar-refractivity contribution in [2.45, 2.75) is 38.8 Å². The number of rotatable bonds is 4. The highest BCUT2D eigenvalue weighted by atomic mass is 16.6. The van der Waals surface area contributed by atoms with Gasteiger partial charge >= 0.3 is 6.09 Å². The van der Waals surface area contributed by atoms with Crippen LogP contribution in [0.3, 0.4) is 0 Å². The van der Waals surface area contributed by atoms with Crippen LogP contribution in [0.15, 0.2) is 60.7 Å². The molecule has 0 unspecified atom stereocenters. The van der Waals surface area contributed by atoms with E-state index in [2.05, 4.69) is 17.2 Å². The quantitative estimate of drug-likeness (QED) is 0.856. The first-order chi connectivity index (χ1) is 12.3. The lowest BCUT2D eigenvalue weighted by molar-refractivity contribution is -0.115. The van der Waals surface area contributed by atoms with Crippen molar-refractivity contribution in [3.8, 4) is 11.8 Å². The lowest BCUT2D eigenvalue weighted by Gasteiger charge is -2.22. The summed E-state index contributed by atoms with van der Waals surface area (Å²) in [5.74, 6) is 5.11. The van der Waals surface area contributed by atoms with E-state index in [1.807, 2.05) is 60.7 Å². The molecule has 0 fully saturated rings. The van der Waals surface area contributed by atoms with Crippen molar-refractivity contribution in [2.24, 2.45) is 0 Å². The minimum absolute atomic E-state index is 0.350. The van der Waals surface area contributed by atoms with Crippen LogP contribution in [0, 0.1) is 11.8 Å². The number of hydrogen-bond acceptors (Lipinski definition) is 3. The van der Waals surface area contributed by atoms with Gasteiger partial charge in [0.05, 0.1) is 0 Å². The summed E-state index contributed by atoms with van der Waals surface area (Å²) in [6.07, 6.45) is -0.282. The maximum Gasteiger partial charge on any atom is 0.408 e. The predicted octanol–water partition coefficient (Wildman–Crippen LogP) is 3.74. The molecule has 0 heterocycles. The molecular weight excluding hydrogens is 326 g/mol. The monoisotopic (exact) mass is 349 g/mol. The van der Waals surface area contributed by atoms with Crippen molar-refractivity contribution in [3.05, 3.63) is 71.8 Å². The summed E-state index contributed by atoms with van der Waals surface area (Å²) in [5.41, 5.74) is 1.04. The van der Waals surface area contributed by atoms with E-state index in [1.165, 1.54) is 0 Å². The number of Topliss-reactive ketones (excluding diaryl/α,β-unsaturated/α-hetero) is 1. The van der Waals surface area contributed by atoms with Gasteiger partial charge in [0, 0.05) is 12.0 Å². The molecule has 0 aliphatic heterocycles. The van der Waals surface area contributed by atoms with Crippen LogP contribution >= 0.6 is 0 Å². The van der Waals surface area contributed by atoms with Crippen LogP contribution < -0.4 is 5.32 Å². The minimum atomic E-state index is -0.775. The van der Waals surface area contributed by atoms with Crippen molar-refractivity contribution in [1.29, 1.82) is 0 Å². The fourth-order valence-electron chi connectivity index (χ4n) is 2.25.